The van der Waals surface area contributed by atoms with Crippen molar-refractivity contribution < 1.29 is 69.1 Å². The number of rotatable bonds is 28. The van der Waals surface area contributed by atoms with Crippen LogP contribution in [0, 0.1) is 57.6 Å². The molecule has 6 aromatic heterocycles. The van der Waals surface area contributed by atoms with Crippen LogP contribution in [0.15, 0.2) is 146 Å². The van der Waals surface area contributed by atoms with Gasteiger partial charge in [-0.15, -0.1) is 0 Å². The molecule has 0 spiro atoms. The maximum Gasteiger partial charge on any atom is 0.346 e. The Morgan fingerprint density at radius 2 is 0.890 bits per heavy atom. The van der Waals surface area contributed by atoms with E-state index in [1.54, 1.807) is 43.3 Å². The summed E-state index contributed by atoms with van der Waals surface area (Å²) in [7, 11) is 2.99. The first-order valence-corrected chi connectivity index (χ1v) is 35.1. The Balaban J connectivity index is 0.793. The summed E-state index contributed by atoms with van der Waals surface area (Å²) in [6, 6.07) is 30.9. The number of carbonyl (C=O) groups excluding carboxylic acids is 2. The number of methoxy groups -OCH3 is 2. The molecule has 2 aliphatic heterocycles. The van der Waals surface area contributed by atoms with Gasteiger partial charge in [-0.3, -0.25) is 19.2 Å². The minimum atomic E-state index is -1.07. The molecule has 8 heterocycles. The predicted octanol–water partition coefficient (Wildman–Crippen LogP) is 12.1. The Labute approximate surface area is 620 Å². The number of carbonyl (C=O) groups is 2. The highest BCUT2D eigenvalue weighted by Crippen LogP contribution is 2.37. The van der Waals surface area contributed by atoms with E-state index >= 15 is 27.2 Å². The van der Waals surface area contributed by atoms with Gasteiger partial charge in [-0.1, -0.05) is 24.3 Å². The monoisotopic (exact) mass is 1480 g/mol. The maximum atomic E-state index is 16.7. The summed E-state index contributed by atoms with van der Waals surface area (Å²) in [6.07, 6.45) is 6.34. The Morgan fingerprint density at radius 1 is 0.468 bits per heavy atom. The number of hydrogen-bond donors (Lipinski definition) is 0. The molecule has 14 rings (SSSR count). The van der Waals surface area contributed by atoms with Crippen LogP contribution in [0.5, 0.6) is 11.8 Å². The summed E-state index contributed by atoms with van der Waals surface area (Å²) in [5, 5.41) is 27.7. The molecule has 0 radical (unpaired) electrons. The second-order valence-corrected chi connectivity index (χ2v) is 26.0. The van der Waals surface area contributed by atoms with Gasteiger partial charge in [-0.25, -0.2) is 55.9 Å². The molecule has 0 atom stereocenters. The third kappa shape index (κ3) is 16.9. The SMILES string of the molecule is COCCn1c(Cc2cc(F)c(-c3cccc(OCc4ccc(C#N)cc4F)n3)cc2F)nc2c(-c3cnn(CCN4CCOCC4)c3)cc(C(=O)OC(=O)c3cc(-c4cnn(CCN5CCOCC5)c4)c4nc(Cc5cc(F)c(-c6cccc(OCc7ccc(C#N)cc7F)n6)cc5F)n(CCOC)c4c3)cc21. The molecular weight excluding hydrogens is 1410 g/mol. The van der Waals surface area contributed by atoms with Gasteiger partial charge in [0.2, 0.25) is 11.8 Å². The van der Waals surface area contributed by atoms with Crippen LogP contribution in [0.1, 0.15) is 65.7 Å². The van der Waals surface area contributed by atoms with E-state index in [0.29, 0.717) is 96.9 Å². The first kappa shape index (κ1) is 73.9. The van der Waals surface area contributed by atoms with E-state index in [2.05, 4.69) is 19.8 Å². The van der Waals surface area contributed by atoms with Gasteiger partial charge in [0.05, 0.1) is 133 Å². The van der Waals surface area contributed by atoms with Crippen molar-refractivity contribution in [1.82, 2.24) is 58.4 Å². The minimum absolute atomic E-state index is 0.00786. The largest absolute Gasteiger partial charge is 0.473 e. The summed E-state index contributed by atoms with van der Waals surface area (Å²) < 4.78 is 143. The first-order chi connectivity index (χ1) is 53.1. The molecule has 0 saturated carbocycles. The van der Waals surface area contributed by atoms with Gasteiger partial charge in [-0.05, 0) is 96.1 Å². The molecule has 23 nitrogen and oxygen atoms in total. The summed E-state index contributed by atoms with van der Waals surface area (Å²) in [5.74, 6) is -6.15. The lowest BCUT2D eigenvalue weighted by molar-refractivity contribution is 0.0359. The smallest absolute Gasteiger partial charge is 0.346 e. The molecule has 556 valence electrons. The zero-order chi connectivity index (χ0) is 75.7. The van der Waals surface area contributed by atoms with Crippen LogP contribution in [0.4, 0.5) is 26.3 Å². The van der Waals surface area contributed by atoms with Crippen LogP contribution < -0.4 is 9.47 Å². The summed E-state index contributed by atoms with van der Waals surface area (Å²) in [5.41, 5.74) is 3.20. The molecular formula is C80H70F6N14O9. The van der Waals surface area contributed by atoms with Crippen LogP contribution in [-0.4, -0.2) is 163 Å². The molecule has 0 bridgehead atoms. The van der Waals surface area contributed by atoms with Crippen molar-refractivity contribution in [2.75, 3.05) is 93.1 Å². The fourth-order valence-corrected chi connectivity index (χ4v) is 13.2. The minimum Gasteiger partial charge on any atom is -0.473 e. The van der Waals surface area contributed by atoms with E-state index in [-0.39, 0.29) is 143 Å². The zero-order valence-electron chi connectivity index (χ0n) is 59.2. The summed E-state index contributed by atoms with van der Waals surface area (Å²) in [4.78, 5) is 53.6. The van der Waals surface area contributed by atoms with Gasteiger partial charge in [0.25, 0.3) is 0 Å². The molecule has 12 aromatic rings. The molecule has 0 unspecified atom stereocenters. The Bertz CT molecular complexity index is 5150. The van der Waals surface area contributed by atoms with Gasteiger partial charge in [-0.2, -0.15) is 20.7 Å². The number of benzene rings is 6. The number of nitrogens with zero attached hydrogens (tertiary/aromatic N) is 14. The van der Waals surface area contributed by atoms with Crippen LogP contribution in [0.25, 0.3) is 66.8 Å². The van der Waals surface area contributed by atoms with Gasteiger partial charge in [0.15, 0.2) is 0 Å². The Morgan fingerprint density at radius 3 is 1.29 bits per heavy atom. The second kappa shape index (κ2) is 33.5. The number of fused-ring (bicyclic) bond motifs is 2. The van der Waals surface area contributed by atoms with Gasteiger partial charge >= 0.3 is 11.9 Å². The molecule has 0 aliphatic carbocycles. The van der Waals surface area contributed by atoms with Gasteiger partial charge in [0.1, 0.15) is 59.8 Å². The molecule has 109 heavy (non-hydrogen) atoms. The average Bonchev–Trinajstić information content (AvgIpc) is 1.34. The number of esters is 2. The van der Waals surface area contributed by atoms with E-state index in [1.165, 1.54) is 99.1 Å². The topological polar surface area (TPSA) is 250 Å². The van der Waals surface area contributed by atoms with E-state index < -0.39 is 46.8 Å². The Hall–Kier alpha value is -12.0. The molecule has 6 aromatic carbocycles. The maximum absolute atomic E-state index is 16.7. The second-order valence-electron chi connectivity index (χ2n) is 26.0. The van der Waals surface area contributed by atoms with Crippen molar-refractivity contribution in [2.45, 2.75) is 52.2 Å². The molecule has 0 N–H and O–H groups in total. The van der Waals surface area contributed by atoms with E-state index in [4.69, 9.17) is 53.3 Å². The van der Waals surface area contributed by atoms with Crippen LogP contribution in [0.2, 0.25) is 0 Å². The van der Waals surface area contributed by atoms with Crippen molar-refractivity contribution in [3.05, 3.63) is 237 Å². The van der Waals surface area contributed by atoms with Gasteiger partial charge in [0, 0.05) is 148 Å². The molecule has 2 aliphatic rings. The number of pyridine rings is 2. The number of imidazole rings is 2. The zero-order valence-corrected chi connectivity index (χ0v) is 59.2. The number of hydrogen-bond acceptors (Lipinski definition) is 19. The number of morpholine rings is 2. The normalized spacial score (nSPS) is 13.4. The van der Waals surface area contributed by atoms with E-state index in [1.807, 2.05) is 12.1 Å². The highest BCUT2D eigenvalue weighted by molar-refractivity contribution is 6.08. The van der Waals surface area contributed by atoms with Crippen LogP contribution >= 0.6 is 0 Å². The highest BCUT2D eigenvalue weighted by atomic mass is 19.1. The lowest BCUT2D eigenvalue weighted by Crippen LogP contribution is -2.38. The molecule has 0 amide bonds. The van der Waals surface area contributed by atoms with Crippen molar-refractivity contribution >= 4 is 34.0 Å². The number of halogens is 6. The lowest BCUT2D eigenvalue weighted by Gasteiger charge is -2.26. The first-order valence-electron chi connectivity index (χ1n) is 35.1. The van der Waals surface area contributed by atoms with Crippen molar-refractivity contribution in [2.24, 2.45) is 0 Å². The van der Waals surface area contributed by atoms with E-state index in [0.717, 1.165) is 62.6 Å². The van der Waals surface area contributed by atoms with Crippen LogP contribution in [-0.2, 0) is 75.9 Å². The predicted molar refractivity (Wildman–Crippen MR) is 386 cm³/mol. The number of aromatic nitrogens is 10. The van der Waals surface area contributed by atoms with E-state index in [9.17, 15) is 19.3 Å². The third-order valence-corrected chi connectivity index (χ3v) is 19.0. The fourth-order valence-electron chi connectivity index (χ4n) is 13.2. The third-order valence-electron chi connectivity index (χ3n) is 19.0. The fraction of sp³-hybridized carbons (Fsp3) is 0.275. The standard InChI is InChI=1S/C80H70F6N14O9/c1-103-23-21-99-71-35-55(31-59(57-43-89-97(45-57)15-13-95-17-25-105-26-18-95)77(71)93-73(99)37-53-33-67(85)61(39-65(53)83)69-5-3-7-75(91-69)107-47-51-11-9-49(41-87)29-63(51)81)79(101)109-80(102)56-32-60(58-44-90-98(46-58)16-14-96-19-27-106-28-20-96)78-72(36-56)100(22-24-104-2)74(94-78)38-54-34-68(86)62(40-66(54)84)70-6-4-8-76(92-70)108-48-52-12-10-50(42-88)30-64(52)82/h3-12,29-36,39-40,43-46H,13-28,37-38,47-48H2,1-2H3. The average molecular weight is 1490 g/mol. The number of nitriles is 2. The van der Waals surface area contributed by atoms with Gasteiger partial charge < -0.3 is 42.3 Å². The summed E-state index contributed by atoms with van der Waals surface area (Å²) in [6.45, 7) is 7.61. The van der Waals surface area contributed by atoms with Crippen molar-refractivity contribution in [3.8, 4) is 68.7 Å². The Kier molecular flexibility index (Phi) is 22.7. The molecule has 2 saturated heterocycles. The quantitative estimate of drug-likeness (QED) is 0.0251. The summed E-state index contributed by atoms with van der Waals surface area (Å²) >= 11 is 0. The van der Waals surface area contributed by atoms with Crippen molar-refractivity contribution in [1.29, 1.82) is 10.5 Å². The van der Waals surface area contributed by atoms with Crippen molar-refractivity contribution in [3.63, 3.8) is 0 Å². The lowest BCUT2D eigenvalue weighted by atomic mass is 10.0. The number of ether oxygens (including phenoxy) is 7. The molecule has 2 fully saturated rings. The van der Waals surface area contributed by atoms with Crippen LogP contribution in [0.3, 0.4) is 0 Å². The molecule has 29 heteroatoms. The highest BCUT2D eigenvalue weighted by Gasteiger charge is 2.28.